The highest BCUT2D eigenvalue weighted by atomic mass is 32.1. The molecule has 0 aromatic carbocycles. The SMILES string of the molecule is COc1cc(B(O)O)sn1. The van der Waals surface area contributed by atoms with E-state index in [1.54, 1.807) is 0 Å². The van der Waals surface area contributed by atoms with E-state index in [4.69, 9.17) is 14.8 Å². The second-order valence-electron chi connectivity index (χ2n) is 1.65. The smallest absolute Gasteiger partial charge is 0.480 e. The number of methoxy groups -OCH3 is 1. The summed E-state index contributed by atoms with van der Waals surface area (Å²) in [4.78, 5) is 0. The first-order valence-corrected chi connectivity index (χ1v) is 3.38. The number of nitrogens with zero attached hydrogens (tertiary/aromatic N) is 1. The van der Waals surface area contributed by atoms with Crippen molar-refractivity contribution in [2.24, 2.45) is 0 Å². The van der Waals surface area contributed by atoms with Crippen molar-refractivity contribution in [1.29, 1.82) is 0 Å². The van der Waals surface area contributed by atoms with Crippen LogP contribution in [0.4, 0.5) is 0 Å². The first-order chi connectivity index (χ1) is 4.74. The van der Waals surface area contributed by atoms with Crippen molar-refractivity contribution in [2.75, 3.05) is 7.11 Å². The fourth-order valence-electron chi connectivity index (χ4n) is 0.490. The molecule has 10 heavy (non-hydrogen) atoms. The molecule has 2 N–H and O–H groups in total. The highest BCUT2D eigenvalue weighted by molar-refractivity contribution is 7.17. The maximum absolute atomic E-state index is 8.60. The van der Waals surface area contributed by atoms with E-state index in [2.05, 4.69) is 4.37 Å². The molecule has 0 spiro atoms. The van der Waals surface area contributed by atoms with Crippen LogP contribution in [0.2, 0.25) is 0 Å². The van der Waals surface area contributed by atoms with Gasteiger partial charge in [-0.2, -0.15) is 4.37 Å². The van der Waals surface area contributed by atoms with Crippen LogP contribution in [0.3, 0.4) is 0 Å². The van der Waals surface area contributed by atoms with Crippen LogP contribution < -0.4 is 9.51 Å². The molecule has 4 nitrogen and oxygen atoms in total. The van der Waals surface area contributed by atoms with Gasteiger partial charge in [-0.3, -0.25) is 0 Å². The van der Waals surface area contributed by atoms with Gasteiger partial charge in [0.15, 0.2) is 0 Å². The molecule has 0 saturated carbocycles. The lowest BCUT2D eigenvalue weighted by Crippen LogP contribution is -2.26. The second-order valence-corrected chi connectivity index (χ2v) is 2.48. The predicted molar refractivity (Wildman–Crippen MR) is 38.5 cm³/mol. The van der Waals surface area contributed by atoms with Gasteiger partial charge in [0.25, 0.3) is 0 Å². The summed E-state index contributed by atoms with van der Waals surface area (Å²) in [6.45, 7) is 0. The largest absolute Gasteiger partial charge is 0.500 e. The van der Waals surface area contributed by atoms with E-state index in [0.717, 1.165) is 11.5 Å². The second kappa shape index (κ2) is 3.00. The Morgan fingerprint density at radius 1 is 1.70 bits per heavy atom. The van der Waals surface area contributed by atoms with Crippen molar-refractivity contribution in [1.82, 2.24) is 4.37 Å². The molecule has 0 bridgehead atoms. The van der Waals surface area contributed by atoms with Crippen LogP contribution in [0.15, 0.2) is 6.07 Å². The normalized spacial score (nSPS) is 9.50. The van der Waals surface area contributed by atoms with Crippen molar-refractivity contribution in [3.8, 4) is 5.88 Å². The van der Waals surface area contributed by atoms with Gasteiger partial charge in [0, 0.05) is 6.07 Å². The van der Waals surface area contributed by atoms with Crippen molar-refractivity contribution < 1.29 is 14.8 Å². The number of aromatic nitrogens is 1. The Labute approximate surface area is 62.4 Å². The average Bonchev–Trinajstić information content (AvgIpc) is 2.34. The molecular formula is C4H6BNO3S. The molecular weight excluding hydrogens is 153 g/mol. The van der Waals surface area contributed by atoms with Crippen LogP contribution in [0.1, 0.15) is 0 Å². The van der Waals surface area contributed by atoms with Gasteiger partial charge in [-0.05, 0) is 11.5 Å². The molecule has 0 aliphatic heterocycles. The van der Waals surface area contributed by atoms with Gasteiger partial charge in [0.2, 0.25) is 5.88 Å². The summed E-state index contributed by atoms with van der Waals surface area (Å²) >= 11 is 1.01. The van der Waals surface area contributed by atoms with Gasteiger partial charge >= 0.3 is 7.12 Å². The summed E-state index contributed by atoms with van der Waals surface area (Å²) < 4.78 is 8.86. The Hall–Kier alpha value is -0.585. The maximum Gasteiger partial charge on any atom is 0.500 e. The molecule has 6 heteroatoms. The van der Waals surface area contributed by atoms with E-state index in [1.807, 2.05) is 0 Å². The first-order valence-electron chi connectivity index (χ1n) is 2.61. The van der Waals surface area contributed by atoms with Crippen LogP contribution in [0, 0.1) is 0 Å². The third-order valence-corrected chi connectivity index (χ3v) is 1.78. The van der Waals surface area contributed by atoms with Gasteiger partial charge in [0.05, 0.1) is 11.9 Å². The van der Waals surface area contributed by atoms with Crippen LogP contribution in [0.5, 0.6) is 5.88 Å². The Balaban J connectivity index is 2.78. The lowest BCUT2D eigenvalue weighted by Gasteiger charge is -1.88. The van der Waals surface area contributed by atoms with Gasteiger partial charge in [-0.25, -0.2) is 0 Å². The topological polar surface area (TPSA) is 62.6 Å². The minimum Gasteiger partial charge on any atom is -0.480 e. The summed E-state index contributed by atoms with van der Waals surface area (Å²) in [5, 5.41) is 17.2. The van der Waals surface area contributed by atoms with Gasteiger partial charge in [-0.15, -0.1) is 0 Å². The molecule has 1 aromatic rings. The van der Waals surface area contributed by atoms with Crippen molar-refractivity contribution in [3.05, 3.63) is 6.07 Å². The Morgan fingerprint density at radius 3 is 2.70 bits per heavy atom. The zero-order valence-electron chi connectivity index (χ0n) is 5.31. The number of hydrogen-bond donors (Lipinski definition) is 2. The fourth-order valence-corrected chi connectivity index (χ4v) is 1.06. The monoisotopic (exact) mass is 159 g/mol. The molecule has 0 aliphatic rings. The maximum atomic E-state index is 8.60. The molecule has 0 atom stereocenters. The van der Waals surface area contributed by atoms with Crippen LogP contribution in [0.25, 0.3) is 0 Å². The van der Waals surface area contributed by atoms with E-state index in [9.17, 15) is 0 Å². The minimum absolute atomic E-state index is 0.386. The highest BCUT2D eigenvalue weighted by Crippen LogP contribution is 2.05. The summed E-state index contributed by atoms with van der Waals surface area (Å²) in [5.74, 6) is 0.410. The summed E-state index contributed by atoms with van der Waals surface area (Å²) in [7, 11) is 0.0316. The molecule has 1 aromatic heterocycles. The molecule has 0 unspecified atom stereocenters. The molecule has 54 valence electrons. The van der Waals surface area contributed by atoms with E-state index in [-0.39, 0.29) is 0 Å². The number of rotatable bonds is 2. The van der Waals surface area contributed by atoms with Gasteiger partial charge < -0.3 is 14.8 Å². The summed E-state index contributed by atoms with van der Waals surface area (Å²) in [5.41, 5.74) is 0. The molecule has 0 amide bonds. The fraction of sp³-hybridized carbons (Fsp3) is 0.250. The minimum atomic E-state index is -1.44. The van der Waals surface area contributed by atoms with Crippen LogP contribution in [-0.4, -0.2) is 28.6 Å². The Morgan fingerprint density at radius 2 is 2.40 bits per heavy atom. The van der Waals surface area contributed by atoms with Crippen molar-refractivity contribution in [3.63, 3.8) is 0 Å². The number of ether oxygens (including phenoxy) is 1. The zero-order valence-corrected chi connectivity index (χ0v) is 6.13. The Kier molecular flexibility index (Phi) is 2.26. The van der Waals surface area contributed by atoms with Gasteiger partial charge in [0.1, 0.15) is 0 Å². The molecule has 1 rings (SSSR count). The van der Waals surface area contributed by atoms with Crippen LogP contribution in [-0.2, 0) is 0 Å². The van der Waals surface area contributed by atoms with Crippen molar-refractivity contribution in [2.45, 2.75) is 0 Å². The number of hydrogen-bond acceptors (Lipinski definition) is 5. The molecule has 0 aliphatic carbocycles. The predicted octanol–water partition coefficient (Wildman–Crippen LogP) is -1.17. The lowest BCUT2D eigenvalue weighted by atomic mass is 9.90. The quantitative estimate of drug-likeness (QED) is 0.533. The highest BCUT2D eigenvalue weighted by Gasteiger charge is 2.14. The zero-order chi connectivity index (χ0) is 7.56. The standard InChI is InChI=1S/C4H6BNO3S/c1-9-4-2-3(5(7)8)10-6-4/h2,7-8H,1H3. The Bertz CT molecular complexity index is 214. The van der Waals surface area contributed by atoms with E-state index < -0.39 is 7.12 Å². The summed E-state index contributed by atoms with van der Waals surface area (Å²) in [6.07, 6.45) is 0. The van der Waals surface area contributed by atoms with E-state index in [0.29, 0.717) is 10.7 Å². The third-order valence-electron chi connectivity index (χ3n) is 0.970. The summed E-state index contributed by atoms with van der Waals surface area (Å²) in [6, 6.07) is 1.48. The third kappa shape index (κ3) is 1.47. The molecule has 1 heterocycles. The molecule has 0 saturated heterocycles. The molecule has 0 radical (unpaired) electrons. The van der Waals surface area contributed by atoms with Gasteiger partial charge in [-0.1, -0.05) is 0 Å². The van der Waals surface area contributed by atoms with E-state index >= 15 is 0 Å². The molecule has 0 fully saturated rings. The van der Waals surface area contributed by atoms with Crippen LogP contribution >= 0.6 is 11.5 Å². The average molecular weight is 159 g/mol. The van der Waals surface area contributed by atoms with Crippen molar-refractivity contribution >= 4 is 23.4 Å². The van der Waals surface area contributed by atoms with E-state index in [1.165, 1.54) is 13.2 Å². The first kappa shape index (κ1) is 7.52. The lowest BCUT2D eigenvalue weighted by molar-refractivity contribution is 0.402.